The Labute approximate surface area is 117 Å². The van der Waals surface area contributed by atoms with E-state index in [0.29, 0.717) is 5.92 Å². The van der Waals surface area contributed by atoms with Crippen LogP contribution in [0, 0.1) is 0 Å². The third-order valence-electron chi connectivity index (χ3n) is 3.50. The second-order valence-electron chi connectivity index (χ2n) is 4.89. The number of amidine groups is 1. The molecule has 2 aliphatic rings. The third kappa shape index (κ3) is 4.51. The number of fused-ring (bicyclic) bond motifs is 1. The highest BCUT2D eigenvalue weighted by Crippen LogP contribution is 2.31. The average molecular weight is 296 g/mol. The van der Waals surface area contributed by atoms with Crippen molar-refractivity contribution in [3.63, 3.8) is 0 Å². The van der Waals surface area contributed by atoms with Crippen molar-refractivity contribution in [2.24, 2.45) is 4.99 Å². The van der Waals surface area contributed by atoms with Gasteiger partial charge < -0.3 is 19.2 Å². The topological polar surface area (TPSA) is 115 Å². The highest BCUT2D eigenvalue weighted by Gasteiger charge is 2.28. The lowest BCUT2D eigenvalue weighted by Gasteiger charge is -2.36. The molecular weight excluding hydrogens is 279 g/mol. The minimum atomic E-state index is -5.39. The fourth-order valence-corrected chi connectivity index (χ4v) is 2.78. The molecule has 1 unspecified atom stereocenters. The van der Waals surface area contributed by atoms with Crippen LogP contribution in [-0.2, 0) is 11.0 Å². The molecule has 6 nitrogen and oxygen atoms in total. The van der Waals surface area contributed by atoms with Gasteiger partial charge in [-0.15, -0.1) is 0 Å². The molecule has 0 bridgehead atoms. The second-order valence-corrected chi connectivity index (χ2v) is 5.78. The van der Waals surface area contributed by atoms with Crippen LogP contribution < -0.4 is 20.0 Å². The Hall–Kier alpha value is -1.04. The summed E-state index contributed by atoms with van der Waals surface area (Å²) in [6, 6.07) is 8.87. The van der Waals surface area contributed by atoms with E-state index in [1.54, 1.807) is 0 Å². The van der Waals surface area contributed by atoms with Gasteiger partial charge in [0.2, 0.25) is 5.84 Å². The standard InChI is InChI=1S/C13H16N2.H3O4P/c1-2-6-11-10(4-1)5-3-7-12(11)13-14-8-9-15-13;1-5(2,3)4/h1-2,4,6,12H,3,5,7-9H2,(H,14,15);(H3,1,2,3,4)/p-2. The number of aryl methyl sites for hydroxylation is 1. The van der Waals surface area contributed by atoms with Gasteiger partial charge in [-0.25, -0.2) is 4.99 Å². The lowest BCUT2D eigenvalue weighted by Crippen LogP contribution is -2.87. The summed E-state index contributed by atoms with van der Waals surface area (Å²) in [4.78, 5) is 30.3. The molecule has 0 amide bonds. The van der Waals surface area contributed by atoms with Crippen molar-refractivity contribution >= 4 is 13.7 Å². The van der Waals surface area contributed by atoms with Crippen LogP contribution in [0.3, 0.4) is 0 Å². The van der Waals surface area contributed by atoms with E-state index in [9.17, 15) is 0 Å². The zero-order valence-electron chi connectivity index (χ0n) is 11.0. The predicted octanol–water partition coefficient (Wildman–Crippen LogP) is -1.74. The first-order valence-corrected chi connectivity index (χ1v) is 8.09. The maximum absolute atomic E-state index is 8.55. The van der Waals surface area contributed by atoms with E-state index in [1.807, 2.05) is 0 Å². The molecule has 2 N–H and O–H groups in total. The van der Waals surface area contributed by atoms with Crippen molar-refractivity contribution in [2.45, 2.75) is 25.2 Å². The number of hydrogen-bond acceptors (Lipinski definition) is 5. The highest BCUT2D eigenvalue weighted by molar-refractivity contribution is 7.40. The average Bonchev–Trinajstić information content (AvgIpc) is 2.90. The van der Waals surface area contributed by atoms with Gasteiger partial charge >= 0.3 is 0 Å². The predicted molar refractivity (Wildman–Crippen MR) is 68.8 cm³/mol. The van der Waals surface area contributed by atoms with Gasteiger partial charge in [-0.2, -0.15) is 7.82 Å². The summed E-state index contributed by atoms with van der Waals surface area (Å²) in [6.45, 7) is 2.15. The van der Waals surface area contributed by atoms with Crippen LogP contribution in [0.1, 0.15) is 29.9 Å². The Balaban J connectivity index is 0.000000257. The zero-order valence-corrected chi connectivity index (χ0v) is 11.9. The Morgan fingerprint density at radius 2 is 1.95 bits per heavy atom. The summed E-state index contributed by atoms with van der Waals surface area (Å²) in [7, 11) is -5.39. The van der Waals surface area contributed by atoms with Crippen LogP contribution in [0.2, 0.25) is 0 Å². The van der Waals surface area contributed by atoms with E-state index in [0.717, 1.165) is 13.1 Å². The molecule has 1 aliphatic heterocycles. The van der Waals surface area contributed by atoms with Gasteiger partial charge in [-0.05, 0) is 30.4 Å². The van der Waals surface area contributed by atoms with E-state index < -0.39 is 7.82 Å². The third-order valence-corrected chi connectivity index (χ3v) is 3.50. The smallest absolute Gasteiger partial charge is 0.202 e. The first kappa shape index (κ1) is 15.4. The molecule has 1 aromatic rings. The molecule has 20 heavy (non-hydrogen) atoms. The largest absolute Gasteiger partial charge is 0.822 e. The van der Waals surface area contributed by atoms with Crippen LogP contribution in [0.5, 0.6) is 0 Å². The van der Waals surface area contributed by atoms with Crippen molar-refractivity contribution in [2.75, 3.05) is 13.1 Å². The number of nitrogens with two attached hydrogens (primary N) is 1. The van der Waals surface area contributed by atoms with Gasteiger partial charge in [0.25, 0.3) is 0 Å². The summed E-state index contributed by atoms with van der Waals surface area (Å²) < 4.78 is 8.55. The van der Waals surface area contributed by atoms with E-state index in [4.69, 9.17) is 19.2 Å². The normalized spacial score (nSPS) is 21.6. The first-order valence-electron chi connectivity index (χ1n) is 6.63. The van der Waals surface area contributed by atoms with Gasteiger partial charge in [-0.3, -0.25) is 5.32 Å². The Kier molecular flexibility index (Phi) is 5.07. The van der Waals surface area contributed by atoms with Crippen molar-refractivity contribution in [1.29, 1.82) is 0 Å². The van der Waals surface area contributed by atoms with Crippen molar-refractivity contribution in [1.82, 2.24) is 0 Å². The number of aliphatic imine (C=N–C) groups is 1. The molecule has 110 valence electrons. The number of rotatable bonds is 1. The quantitative estimate of drug-likeness (QED) is 0.619. The molecule has 3 rings (SSSR count). The molecule has 1 atom stereocenters. The Bertz CT molecular complexity index is 533. The Morgan fingerprint density at radius 3 is 2.60 bits per heavy atom. The number of phosphoric acid groups is 1. The lowest BCUT2D eigenvalue weighted by atomic mass is 9.82. The summed E-state index contributed by atoms with van der Waals surface area (Å²) in [5.74, 6) is 1.94. The Morgan fingerprint density at radius 1 is 1.25 bits per heavy atom. The number of quaternary nitrogens is 1. The van der Waals surface area contributed by atoms with Gasteiger partial charge in [0.15, 0.2) is 0 Å². The highest BCUT2D eigenvalue weighted by atomic mass is 31.2. The maximum atomic E-state index is 8.55. The maximum Gasteiger partial charge on any atom is 0.202 e. The second kappa shape index (κ2) is 6.61. The monoisotopic (exact) mass is 296 g/mol. The number of benzene rings is 1. The molecule has 7 heteroatoms. The van der Waals surface area contributed by atoms with Gasteiger partial charge in [0, 0.05) is 0 Å². The summed E-state index contributed by atoms with van der Waals surface area (Å²) >= 11 is 0. The molecule has 0 radical (unpaired) electrons. The molecule has 0 saturated heterocycles. The molecule has 0 fully saturated rings. The molecule has 0 spiro atoms. The zero-order chi connectivity index (χ0) is 14.6. The minimum absolute atomic E-state index is 0.595. The summed E-state index contributed by atoms with van der Waals surface area (Å²) in [5.41, 5.74) is 3.07. The van der Waals surface area contributed by atoms with Gasteiger partial charge in [0.05, 0.1) is 12.5 Å². The van der Waals surface area contributed by atoms with E-state index >= 15 is 0 Å². The van der Waals surface area contributed by atoms with Crippen molar-refractivity contribution in [3.8, 4) is 0 Å². The first-order chi connectivity index (χ1) is 9.45. The molecule has 0 saturated carbocycles. The van der Waals surface area contributed by atoms with Crippen LogP contribution >= 0.6 is 7.82 Å². The molecule has 1 aromatic carbocycles. The summed E-state index contributed by atoms with van der Waals surface area (Å²) in [5, 5.41) is 2.33. The van der Waals surface area contributed by atoms with Gasteiger partial charge in [-0.1, -0.05) is 24.3 Å². The lowest BCUT2D eigenvalue weighted by molar-refractivity contribution is -0.531. The fraction of sp³-hybridized carbons (Fsp3) is 0.462. The van der Waals surface area contributed by atoms with Gasteiger partial charge in [0.1, 0.15) is 6.54 Å². The van der Waals surface area contributed by atoms with Crippen LogP contribution in [0.4, 0.5) is 0 Å². The number of nitrogens with zero attached hydrogens (tertiary/aromatic N) is 1. The van der Waals surface area contributed by atoms with Crippen LogP contribution in [0.15, 0.2) is 29.3 Å². The van der Waals surface area contributed by atoms with Crippen LogP contribution in [0.25, 0.3) is 0 Å². The molecular formula is C13H17N2O4P-2. The van der Waals surface area contributed by atoms with Crippen LogP contribution in [-0.4, -0.2) is 18.9 Å². The molecule has 1 heterocycles. The number of hydrogen-bond donors (Lipinski definition) is 1. The molecule has 0 aromatic heterocycles. The molecule has 1 aliphatic carbocycles. The fourth-order valence-electron chi connectivity index (χ4n) is 2.78. The van der Waals surface area contributed by atoms with Crippen molar-refractivity contribution < 1.29 is 24.6 Å². The minimum Gasteiger partial charge on any atom is -0.822 e. The SMILES string of the molecule is O=P([O-])([O-])[O-].c1ccc2c(c1)CCCC2C1=NCC[NH2+]1. The van der Waals surface area contributed by atoms with E-state index in [1.165, 1.54) is 36.2 Å². The van der Waals surface area contributed by atoms with E-state index in [2.05, 4.69) is 34.6 Å². The summed E-state index contributed by atoms with van der Waals surface area (Å²) in [6.07, 6.45) is 3.85. The van der Waals surface area contributed by atoms with E-state index in [-0.39, 0.29) is 0 Å². The van der Waals surface area contributed by atoms with Crippen molar-refractivity contribution in [3.05, 3.63) is 35.4 Å².